The second-order valence-electron chi connectivity index (χ2n) is 6.32. The van der Waals surface area contributed by atoms with Crippen molar-refractivity contribution in [1.29, 1.82) is 0 Å². The first-order chi connectivity index (χ1) is 12.5. The number of quaternary nitrogens is 1. The number of fused-ring (bicyclic) bond motifs is 1. The molecular formula is C20H26N3O2S+. The van der Waals surface area contributed by atoms with Crippen molar-refractivity contribution in [3.63, 3.8) is 0 Å². The molecule has 3 rings (SSSR count). The highest BCUT2D eigenvalue weighted by atomic mass is 32.1. The van der Waals surface area contributed by atoms with E-state index in [0.29, 0.717) is 11.6 Å². The van der Waals surface area contributed by atoms with Gasteiger partial charge in [-0.3, -0.25) is 0 Å². The van der Waals surface area contributed by atoms with Crippen molar-refractivity contribution in [2.45, 2.75) is 34.2 Å². The third kappa shape index (κ3) is 3.81. The molecule has 6 heteroatoms. The zero-order valence-electron chi connectivity index (χ0n) is 16.0. The predicted molar refractivity (Wildman–Crippen MR) is 106 cm³/mol. The van der Waals surface area contributed by atoms with Crippen LogP contribution in [0.4, 0.5) is 0 Å². The molecule has 0 radical (unpaired) electrons. The monoisotopic (exact) mass is 372 g/mol. The lowest BCUT2D eigenvalue weighted by Crippen LogP contribution is -3.10. The van der Waals surface area contributed by atoms with E-state index in [0.717, 1.165) is 41.4 Å². The van der Waals surface area contributed by atoms with Crippen LogP contribution in [0.3, 0.4) is 0 Å². The molecule has 2 heterocycles. The zero-order chi connectivity index (χ0) is 18.7. The van der Waals surface area contributed by atoms with Crippen LogP contribution in [-0.2, 0) is 6.54 Å². The molecule has 26 heavy (non-hydrogen) atoms. The number of aryl methyl sites for hydroxylation is 2. The number of methoxy groups -OCH3 is 1. The molecule has 138 valence electrons. The van der Waals surface area contributed by atoms with Crippen molar-refractivity contribution in [3.05, 3.63) is 40.5 Å². The number of aromatic nitrogens is 2. The summed E-state index contributed by atoms with van der Waals surface area (Å²) in [6.45, 7) is 11.5. The van der Waals surface area contributed by atoms with Gasteiger partial charge in [0.1, 0.15) is 22.9 Å². The molecular weight excluding hydrogens is 346 g/mol. The van der Waals surface area contributed by atoms with Crippen LogP contribution < -0.4 is 14.4 Å². The molecule has 2 aromatic heterocycles. The Kier molecular flexibility index (Phi) is 5.74. The van der Waals surface area contributed by atoms with Crippen LogP contribution in [0.1, 0.15) is 30.1 Å². The van der Waals surface area contributed by atoms with Gasteiger partial charge in [0.2, 0.25) is 5.88 Å². The maximum absolute atomic E-state index is 6.18. The number of ether oxygens (including phenoxy) is 2. The fourth-order valence-corrected chi connectivity index (χ4v) is 3.95. The van der Waals surface area contributed by atoms with Crippen molar-refractivity contribution >= 4 is 21.6 Å². The van der Waals surface area contributed by atoms with E-state index < -0.39 is 0 Å². The topological polar surface area (TPSA) is 48.7 Å². The molecule has 0 saturated carbocycles. The van der Waals surface area contributed by atoms with Crippen LogP contribution in [-0.4, -0.2) is 30.2 Å². The molecule has 5 nitrogen and oxygen atoms in total. The normalized spacial score (nSPS) is 11.3. The number of nitrogens with zero attached hydrogens (tertiary/aromatic N) is 2. The van der Waals surface area contributed by atoms with E-state index in [1.165, 1.54) is 15.3 Å². The molecule has 1 N–H and O–H groups in total. The van der Waals surface area contributed by atoms with Gasteiger partial charge in [0.25, 0.3) is 0 Å². The Morgan fingerprint density at radius 1 is 1.08 bits per heavy atom. The largest absolute Gasteiger partial charge is 0.497 e. The third-order valence-corrected chi connectivity index (χ3v) is 5.81. The number of benzene rings is 1. The van der Waals surface area contributed by atoms with Gasteiger partial charge in [-0.25, -0.2) is 4.98 Å². The standard InChI is InChI=1S/C20H25N3O2S/c1-6-23(7-2)12-17-21-19(18-13(3)14(4)26-20(18)22-17)25-16-10-8-9-15(11-16)24-5/h8-11H,6-7,12H2,1-5H3/p+1. The minimum absolute atomic E-state index is 0.631. The summed E-state index contributed by atoms with van der Waals surface area (Å²) in [6, 6.07) is 7.61. The second kappa shape index (κ2) is 8.01. The summed E-state index contributed by atoms with van der Waals surface area (Å²) in [5.74, 6) is 2.94. The van der Waals surface area contributed by atoms with Crippen LogP contribution in [0.5, 0.6) is 17.4 Å². The summed E-state index contributed by atoms with van der Waals surface area (Å²) in [4.78, 5) is 13.3. The molecule has 0 bridgehead atoms. The Labute approximate surface area is 158 Å². The first-order valence-electron chi connectivity index (χ1n) is 8.97. The molecule has 0 spiro atoms. The van der Waals surface area contributed by atoms with E-state index in [2.05, 4.69) is 27.7 Å². The van der Waals surface area contributed by atoms with Gasteiger partial charge in [-0.1, -0.05) is 6.07 Å². The molecule has 0 amide bonds. The number of nitrogens with one attached hydrogen (secondary N) is 1. The molecule has 3 aromatic rings. The van der Waals surface area contributed by atoms with E-state index in [1.807, 2.05) is 24.3 Å². The average molecular weight is 373 g/mol. The highest BCUT2D eigenvalue weighted by molar-refractivity contribution is 7.18. The summed E-state index contributed by atoms with van der Waals surface area (Å²) < 4.78 is 11.5. The van der Waals surface area contributed by atoms with Crippen molar-refractivity contribution in [3.8, 4) is 17.4 Å². The van der Waals surface area contributed by atoms with Crippen LogP contribution >= 0.6 is 11.3 Å². The minimum Gasteiger partial charge on any atom is -0.497 e. The van der Waals surface area contributed by atoms with Crippen LogP contribution in [0, 0.1) is 13.8 Å². The van der Waals surface area contributed by atoms with E-state index >= 15 is 0 Å². The van der Waals surface area contributed by atoms with Gasteiger partial charge >= 0.3 is 0 Å². The van der Waals surface area contributed by atoms with E-state index in [4.69, 9.17) is 19.4 Å². The highest BCUT2D eigenvalue weighted by Gasteiger charge is 2.18. The summed E-state index contributed by atoms with van der Waals surface area (Å²) in [7, 11) is 1.65. The van der Waals surface area contributed by atoms with Crippen molar-refractivity contribution < 1.29 is 14.4 Å². The van der Waals surface area contributed by atoms with Crippen molar-refractivity contribution in [2.75, 3.05) is 20.2 Å². The zero-order valence-corrected chi connectivity index (χ0v) is 16.9. The maximum atomic E-state index is 6.18. The van der Waals surface area contributed by atoms with Crippen LogP contribution in [0.25, 0.3) is 10.2 Å². The van der Waals surface area contributed by atoms with E-state index in [9.17, 15) is 0 Å². The molecule has 0 aliphatic rings. The Hall–Kier alpha value is -2.18. The molecule has 0 unspecified atom stereocenters. The van der Waals surface area contributed by atoms with Gasteiger partial charge < -0.3 is 14.4 Å². The van der Waals surface area contributed by atoms with Gasteiger partial charge in [0.05, 0.1) is 25.6 Å². The lowest BCUT2D eigenvalue weighted by atomic mass is 10.2. The van der Waals surface area contributed by atoms with E-state index in [1.54, 1.807) is 18.4 Å². The lowest BCUT2D eigenvalue weighted by Gasteiger charge is -2.15. The number of hydrogen-bond acceptors (Lipinski definition) is 5. The Morgan fingerprint density at radius 2 is 1.81 bits per heavy atom. The van der Waals surface area contributed by atoms with Gasteiger partial charge in [0.15, 0.2) is 5.82 Å². The molecule has 0 aliphatic heterocycles. The van der Waals surface area contributed by atoms with Crippen LogP contribution in [0.15, 0.2) is 24.3 Å². The van der Waals surface area contributed by atoms with Crippen molar-refractivity contribution in [2.24, 2.45) is 0 Å². The summed E-state index contributed by atoms with van der Waals surface area (Å²) >= 11 is 1.70. The molecule has 0 aliphatic carbocycles. The SMILES string of the molecule is CC[NH+](CC)Cc1nc(Oc2cccc(OC)c2)c2c(C)c(C)sc2n1. The lowest BCUT2D eigenvalue weighted by molar-refractivity contribution is -0.910. The Morgan fingerprint density at radius 3 is 2.50 bits per heavy atom. The quantitative estimate of drug-likeness (QED) is 0.689. The average Bonchev–Trinajstić information content (AvgIpc) is 2.94. The van der Waals surface area contributed by atoms with Gasteiger partial charge in [-0.15, -0.1) is 11.3 Å². The van der Waals surface area contributed by atoms with E-state index in [-0.39, 0.29) is 0 Å². The second-order valence-corrected chi connectivity index (χ2v) is 7.53. The van der Waals surface area contributed by atoms with Gasteiger partial charge in [0, 0.05) is 10.9 Å². The fourth-order valence-electron chi connectivity index (χ4n) is 2.91. The van der Waals surface area contributed by atoms with Gasteiger partial charge in [-0.2, -0.15) is 4.98 Å². The fraction of sp³-hybridized carbons (Fsp3) is 0.400. The number of rotatable bonds is 7. The van der Waals surface area contributed by atoms with Crippen molar-refractivity contribution in [1.82, 2.24) is 9.97 Å². The summed E-state index contributed by atoms with van der Waals surface area (Å²) in [5.41, 5.74) is 1.18. The Bertz CT molecular complexity index is 903. The molecule has 0 saturated heterocycles. The minimum atomic E-state index is 0.631. The smallest absolute Gasteiger partial charge is 0.231 e. The van der Waals surface area contributed by atoms with Crippen LogP contribution in [0.2, 0.25) is 0 Å². The summed E-state index contributed by atoms with van der Waals surface area (Å²) in [6.07, 6.45) is 0. The third-order valence-electron chi connectivity index (χ3n) is 4.71. The number of thiophene rings is 1. The molecule has 0 fully saturated rings. The number of hydrogen-bond donors (Lipinski definition) is 1. The first kappa shape index (κ1) is 18.6. The molecule has 1 aromatic carbocycles. The molecule has 0 atom stereocenters. The summed E-state index contributed by atoms with van der Waals surface area (Å²) in [5, 5.41) is 1.01. The Balaban J connectivity index is 2.05. The maximum Gasteiger partial charge on any atom is 0.231 e. The predicted octanol–water partition coefficient (Wildman–Crippen LogP) is 3.53. The van der Waals surface area contributed by atoms with Gasteiger partial charge in [-0.05, 0) is 45.4 Å². The highest BCUT2D eigenvalue weighted by Crippen LogP contribution is 2.36. The first-order valence-corrected chi connectivity index (χ1v) is 9.79.